The summed E-state index contributed by atoms with van der Waals surface area (Å²) in [6, 6.07) is 7.71. The zero-order valence-corrected chi connectivity index (χ0v) is 15.9. The van der Waals surface area contributed by atoms with Gasteiger partial charge in [-0.05, 0) is 80.0 Å². The maximum atomic E-state index is 12.6. The molecule has 1 aliphatic rings. The summed E-state index contributed by atoms with van der Waals surface area (Å²) in [6.45, 7) is 6.65. The first-order valence-corrected chi connectivity index (χ1v) is 9.06. The zero-order chi connectivity index (χ0) is 17.3. The van der Waals surface area contributed by atoms with Crippen LogP contribution in [0.25, 0.3) is 5.69 Å². The molecule has 24 heavy (non-hydrogen) atoms. The van der Waals surface area contributed by atoms with Gasteiger partial charge < -0.3 is 10.2 Å². The molecule has 0 spiro atoms. The van der Waals surface area contributed by atoms with Crippen molar-refractivity contribution in [1.82, 2.24) is 20.0 Å². The van der Waals surface area contributed by atoms with Crippen LogP contribution in [0.5, 0.6) is 0 Å². The third kappa shape index (κ3) is 3.26. The summed E-state index contributed by atoms with van der Waals surface area (Å²) in [5.41, 5.74) is 3.72. The Hall–Kier alpha value is -1.66. The summed E-state index contributed by atoms with van der Waals surface area (Å²) in [4.78, 5) is 14.6. The largest absolute Gasteiger partial charge is 0.338 e. The van der Waals surface area contributed by atoms with Crippen molar-refractivity contribution in [3.05, 3.63) is 45.7 Å². The van der Waals surface area contributed by atoms with Gasteiger partial charge in [0.05, 0.1) is 21.5 Å². The molecule has 1 fully saturated rings. The molecule has 1 aromatic heterocycles. The van der Waals surface area contributed by atoms with Crippen LogP contribution in [0.3, 0.4) is 0 Å². The number of nitrogens with one attached hydrogen (secondary N) is 1. The van der Waals surface area contributed by atoms with Crippen LogP contribution in [0.4, 0.5) is 0 Å². The molecule has 0 aliphatic carbocycles. The number of carbonyl (C=O) groups excluding carboxylic acids is 1. The van der Waals surface area contributed by atoms with Gasteiger partial charge in [-0.1, -0.05) is 0 Å². The van der Waals surface area contributed by atoms with Crippen molar-refractivity contribution < 1.29 is 4.79 Å². The fourth-order valence-corrected chi connectivity index (χ4v) is 3.52. The van der Waals surface area contributed by atoms with Crippen LogP contribution in [0.15, 0.2) is 28.7 Å². The Labute approximate surface area is 151 Å². The average molecular weight is 391 g/mol. The number of likely N-dealkylation sites (tertiary alicyclic amines) is 1. The van der Waals surface area contributed by atoms with E-state index in [4.69, 9.17) is 0 Å². The summed E-state index contributed by atoms with van der Waals surface area (Å²) >= 11 is 3.55. The van der Waals surface area contributed by atoms with E-state index in [1.807, 2.05) is 54.7 Å². The van der Waals surface area contributed by atoms with E-state index in [2.05, 4.69) is 26.3 Å². The van der Waals surface area contributed by atoms with Crippen LogP contribution in [0.1, 0.15) is 28.2 Å². The highest BCUT2D eigenvalue weighted by Crippen LogP contribution is 2.24. The van der Waals surface area contributed by atoms with Gasteiger partial charge in [-0.25, -0.2) is 4.68 Å². The van der Waals surface area contributed by atoms with Crippen LogP contribution in [-0.4, -0.2) is 47.3 Å². The normalized spacial score (nSPS) is 17.5. The smallest absolute Gasteiger partial charge is 0.253 e. The topological polar surface area (TPSA) is 50.2 Å². The minimum atomic E-state index is 0.120. The lowest BCUT2D eigenvalue weighted by molar-refractivity contribution is 0.0787. The van der Waals surface area contributed by atoms with Gasteiger partial charge in [-0.2, -0.15) is 5.10 Å². The number of rotatable bonds is 4. The Morgan fingerprint density at radius 2 is 2.04 bits per heavy atom. The third-order valence-corrected chi connectivity index (χ3v) is 5.78. The molecule has 0 saturated carbocycles. The maximum absolute atomic E-state index is 12.6. The van der Waals surface area contributed by atoms with E-state index in [1.165, 1.54) is 0 Å². The maximum Gasteiger partial charge on any atom is 0.253 e. The molecule has 0 radical (unpaired) electrons. The Morgan fingerprint density at radius 3 is 2.62 bits per heavy atom. The molecular weight excluding hydrogens is 368 g/mol. The molecule has 1 saturated heterocycles. The Kier molecular flexibility index (Phi) is 5.06. The standard InChI is InChI=1S/C18H23BrN4O/c1-12-17(19)13(2)23(21-12)16-6-4-15(5-7-16)18(24)22-9-8-14(11-22)10-20-3/h4-7,14,20H,8-11H2,1-3H3. The molecule has 6 heteroatoms. The highest BCUT2D eigenvalue weighted by atomic mass is 79.9. The third-order valence-electron chi connectivity index (χ3n) is 4.63. The van der Waals surface area contributed by atoms with Gasteiger partial charge in [0.2, 0.25) is 0 Å². The second-order valence-corrected chi connectivity index (χ2v) is 7.20. The van der Waals surface area contributed by atoms with E-state index in [1.54, 1.807) is 0 Å². The Morgan fingerprint density at radius 1 is 1.33 bits per heavy atom. The number of nitrogens with zero attached hydrogens (tertiary/aromatic N) is 3. The van der Waals surface area contributed by atoms with Gasteiger partial charge in [0.1, 0.15) is 0 Å². The van der Waals surface area contributed by atoms with Gasteiger partial charge in [-0.15, -0.1) is 0 Å². The number of carbonyl (C=O) groups is 1. The van der Waals surface area contributed by atoms with E-state index < -0.39 is 0 Å². The first-order valence-electron chi connectivity index (χ1n) is 8.27. The van der Waals surface area contributed by atoms with E-state index in [0.29, 0.717) is 5.92 Å². The van der Waals surface area contributed by atoms with Crippen LogP contribution in [0, 0.1) is 19.8 Å². The lowest BCUT2D eigenvalue weighted by Crippen LogP contribution is -2.30. The zero-order valence-electron chi connectivity index (χ0n) is 14.3. The molecule has 1 atom stereocenters. The van der Waals surface area contributed by atoms with Gasteiger partial charge in [0.15, 0.2) is 0 Å². The summed E-state index contributed by atoms with van der Waals surface area (Å²) < 4.78 is 2.92. The molecule has 3 rings (SSSR count). The SMILES string of the molecule is CNCC1CCN(C(=O)c2ccc(-n3nc(C)c(Br)c3C)cc2)C1. The van der Waals surface area contributed by atoms with Gasteiger partial charge in [0.25, 0.3) is 5.91 Å². The lowest BCUT2D eigenvalue weighted by Gasteiger charge is -2.17. The van der Waals surface area contributed by atoms with E-state index >= 15 is 0 Å². The number of aryl methyl sites for hydroxylation is 1. The molecule has 1 unspecified atom stereocenters. The molecule has 2 heterocycles. The fraction of sp³-hybridized carbons (Fsp3) is 0.444. The summed E-state index contributed by atoms with van der Waals surface area (Å²) in [5.74, 6) is 0.681. The monoisotopic (exact) mass is 390 g/mol. The molecule has 1 aliphatic heterocycles. The first kappa shape index (κ1) is 17.2. The predicted molar refractivity (Wildman–Crippen MR) is 98.7 cm³/mol. The number of hydrogen-bond donors (Lipinski definition) is 1. The highest BCUT2D eigenvalue weighted by molar-refractivity contribution is 9.10. The van der Waals surface area contributed by atoms with Crippen molar-refractivity contribution in [3.8, 4) is 5.69 Å². The number of benzene rings is 1. The summed E-state index contributed by atoms with van der Waals surface area (Å²) in [5, 5.41) is 7.72. The van der Waals surface area contributed by atoms with Crippen molar-refractivity contribution in [3.63, 3.8) is 0 Å². The number of aromatic nitrogens is 2. The van der Waals surface area contributed by atoms with E-state index in [-0.39, 0.29) is 5.91 Å². The summed E-state index contributed by atoms with van der Waals surface area (Å²) in [7, 11) is 1.96. The lowest BCUT2D eigenvalue weighted by atomic mass is 10.1. The second-order valence-electron chi connectivity index (χ2n) is 6.41. The van der Waals surface area contributed by atoms with Crippen molar-refractivity contribution in [2.45, 2.75) is 20.3 Å². The first-order chi connectivity index (χ1) is 11.5. The molecule has 1 aromatic carbocycles. The molecule has 2 aromatic rings. The minimum absolute atomic E-state index is 0.120. The summed E-state index contributed by atoms with van der Waals surface area (Å²) in [6.07, 6.45) is 1.07. The average Bonchev–Trinajstić information content (AvgIpc) is 3.15. The molecule has 5 nitrogen and oxygen atoms in total. The van der Waals surface area contributed by atoms with Crippen molar-refractivity contribution in [2.24, 2.45) is 5.92 Å². The second kappa shape index (κ2) is 7.07. The van der Waals surface area contributed by atoms with Gasteiger partial charge >= 0.3 is 0 Å². The highest BCUT2D eigenvalue weighted by Gasteiger charge is 2.26. The number of amides is 1. The number of halogens is 1. The molecule has 128 valence electrons. The fourth-order valence-electron chi connectivity index (χ4n) is 3.28. The van der Waals surface area contributed by atoms with Crippen LogP contribution >= 0.6 is 15.9 Å². The van der Waals surface area contributed by atoms with Gasteiger partial charge in [-0.3, -0.25) is 4.79 Å². The molecule has 0 bridgehead atoms. The van der Waals surface area contributed by atoms with Crippen LogP contribution < -0.4 is 5.32 Å². The number of hydrogen-bond acceptors (Lipinski definition) is 3. The van der Waals surface area contributed by atoms with Crippen LogP contribution in [0.2, 0.25) is 0 Å². The van der Waals surface area contributed by atoms with Crippen molar-refractivity contribution >= 4 is 21.8 Å². The molecule has 1 amide bonds. The predicted octanol–water partition coefficient (Wildman–Crippen LogP) is 2.93. The molecule has 1 N–H and O–H groups in total. The van der Waals surface area contributed by atoms with Gasteiger partial charge in [0, 0.05) is 18.7 Å². The quantitative estimate of drug-likeness (QED) is 0.872. The van der Waals surface area contributed by atoms with Crippen molar-refractivity contribution in [2.75, 3.05) is 26.7 Å². The molecular formula is C18H23BrN4O. The Bertz CT molecular complexity index is 738. The Balaban J connectivity index is 1.75. The van der Waals surface area contributed by atoms with E-state index in [9.17, 15) is 4.79 Å². The van der Waals surface area contributed by atoms with Crippen LogP contribution in [-0.2, 0) is 0 Å². The van der Waals surface area contributed by atoms with Crippen molar-refractivity contribution in [1.29, 1.82) is 0 Å². The van der Waals surface area contributed by atoms with E-state index in [0.717, 1.165) is 53.2 Å². The minimum Gasteiger partial charge on any atom is -0.338 e.